The van der Waals surface area contributed by atoms with Gasteiger partial charge in [0.1, 0.15) is 0 Å². The van der Waals surface area contributed by atoms with E-state index in [4.69, 9.17) is 0 Å². The largest absolute Gasteiger partial charge is 0.356 e. The van der Waals surface area contributed by atoms with Gasteiger partial charge in [0.2, 0.25) is 10.0 Å². The van der Waals surface area contributed by atoms with Crippen molar-refractivity contribution < 1.29 is 8.42 Å². The molecule has 0 fully saturated rings. The zero-order valence-electron chi connectivity index (χ0n) is 13.2. The van der Waals surface area contributed by atoms with Crippen LogP contribution in [-0.4, -0.2) is 51.6 Å². The molecule has 0 aliphatic rings. The maximum Gasteiger partial charge on any atom is 0.213 e. The van der Waals surface area contributed by atoms with Crippen LogP contribution < -0.4 is 10.6 Å². The van der Waals surface area contributed by atoms with E-state index in [-0.39, 0.29) is 29.7 Å². The molecule has 0 amide bonds. The topological polar surface area (TPSA) is 73.8 Å². The fourth-order valence-corrected chi connectivity index (χ4v) is 3.18. The van der Waals surface area contributed by atoms with E-state index in [1.165, 1.54) is 9.87 Å². The lowest BCUT2D eigenvalue weighted by molar-refractivity contribution is 0.461. The van der Waals surface area contributed by atoms with Gasteiger partial charge in [0.05, 0.1) is 5.75 Å². The van der Waals surface area contributed by atoms with Crippen molar-refractivity contribution in [3.8, 4) is 0 Å². The number of thiophene rings is 1. The van der Waals surface area contributed by atoms with Gasteiger partial charge in [-0.1, -0.05) is 0 Å². The highest BCUT2D eigenvalue weighted by molar-refractivity contribution is 14.0. The molecule has 0 spiro atoms. The van der Waals surface area contributed by atoms with Crippen molar-refractivity contribution >= 4 is 51.3 Å². The van der Waals surface area contributed by atoms with E-state index >= 15 is 0 Å². The van der Waals surface area contributed by atoms with Crippen LogP contribution in [0, 0.1) is 0 Å². The number of guanidine groups is 1. The molecule has 128 valence electrons. The molecule has 0 aromatic carbocycles. The van der Waals surface area contributed by atoms with Gasteiger partial charge in [-0.05, 0) is 35.7 Å². The van der Waals surface area contributed by atoms with E-state index in [0.717, 1.165) is 18.9 Å². The number of halogens is 1. The van der Waals surface area contributed by atoms with Crippen LogP contribution in [0.4, 0.5) is 0 Å². The third kappa shape index (κ3) is 7.75. The van der Waals surface area contributed by atoms with Crippen LogP contribution in [0.15, 0.2) is 21.8 Å². The van der Waals surface area contributed by atoms with Crippen molar-refractivity contribution in [3.05, 3.63) is 22.4 Å². The van der Waals surface area contributed by atoms with Crippen LogP contribution in [0.25, 0.3) is 0 Å². The molecule has 2 N–H and O–H groups in total. The summed E-state index contributed by atoms with van der Waals surface area (Å²) < 4.78 is 24.6. The summed E-state index contributed by atoms with van der Waals surface area (Å²) in [5.41, 5.74) is 1.22. The summed E-state index contributed by atoms with van der Waals surface area (Å²) in [6, 6.07) is 2.06. The summed E-state index contributed by atoms with van der Waals surface area (Å²) in [4.78, 5) is 4.14. The van der Waals surface area contributed by atoms with Crippen molar-refractivity contribution in [2.24, 2.45) is 4.99 Å². The van der Waals surface area contributed by atoms with Crippen molar-refractivity contribution in [3.63, 3.8) is 0 Å². The standard InChI is InChI=1S/C13H24N4O2S2.HI/c1-4-21(18,19)17(3)8-5-7-15-13(14-2)16-10-12-6-9-20-11-12;/h6,9,11H,4-5,7-8,10H2,1-3H3,(H2,14,15,16);1H. The first-order valence-electron chi connectivity index (χ1n) is 6.89. The van der Waals surface area contributed by atoms with Crippen LogP contribution in [-0.2, 0) is 16.6 Å². The number of aliphatic imine (C=N–C) groups is 1. The normalized spacial score (nSPS) is 12.1. The molecule has 0 unspecified atom stereocenters. The maximum absolute atomic E-state index is 11.6. The highest BCUT2D eigenvalue weighted by atomic mass is 127. The van der Waals surface area contributed by atoms with E-state index < -0.39 is 10.0 Å². The number of hydrogen-bond donors (Lipinski definition) is 2. The summed E-state index contributed by atoms with van der Waals surface area (Å²) >= 11 is 1.67. The van der Waals surface area contributed by atoms with E-state index in [9.17, 15) is 8.42 Å². The summed E-state index contributed by atoms with van der Waals surface area (Å²) in [6.07, 6.45) is 0.731. The Balaban J connectivity index is 0.00000441. The first kappa shape index (κ1) is 21.6. The van der Waals surface area contributed by atoms with Gasteiger partial charge in [0.25, 0.3) is 0 Å². The average molecular weight is 460 g/mol. The maximum atomic E-state index is 11.6. The van der Waals surface area contributed by atoms with Crippen molar-refractivity contribution in [2.75, 3.05) is 32.9 Å². The molecule has 9 heteroatoms. The Bertz CT molecular complexity index is 532. The molecule has 6 nitrogen and oxygen atoms in total. The van der Waals surface area contributed by atoms with Gasteiger partial charge in [0, 0.05) is 33.7 Å². The molecule has 1 rings (SSSR count). The third-order valence-corrected chi connectivity index (χ3v) is 5.64. The van der Waals surface area contributed by atoms with E-state index in [1.807, 2.05) is 5.38 Å². The van der Waals surface area contributed by atoms with Crippen LogP contribution in [0.5, 0.6) is 0 Å². The molecule has 1 heterocycles. The first-order chi connectivity index (χ1) is 9.99. The van der Waals surface area contributed by atoms with Gasteiger partial charge < -0.3 is 10.6 Å². The van der Waals surface area contributed by atoms with E-state index in [2.05, 4.69) is 27.1 Å². The lowest BCUT2D eigenvalue weighted by atomic mass is 10.3. The van der Waals surface area contributed by atoms with Crippen LogP contribution in [0.2, 0.25) is 0 Å². The molecule has 1 aromatic heterocycles. The molecule has 0 radical (unpaired) electrons. The number of rotatable bonds is 8. The fourth-order valence-electron chi connectivity index (χ4n) is 1.67. The lowest BCUT2D eigenvalue weighted by Crippen LogP contribution is -2.38. The molecule has 22 heavy (non-hydrogen) atoms. The predicted molar refractivity (Wildman–Crippen MR) is 105 cm³/mol. The van der Waals surface area contributed by atoms with Crippen molar-refractivity contribution in [2.45, 2.75) is 19.9 Å². The second-order valence-corrected chi connectivity index (χ2v) is 7.70. The van der Waals surface area contributed by atoms with Gasteiger partial charge >= 0.3 is 0 Å². The van der Waals surface area contributed by atoms with Crippen LogP contribution in [0.1, 0.15) is 18.9 Å². The molecule has 0 atom stereocenters. The average Bonchev–Trinajstić information content (AvgIpc) is 2.99. The minimum Gasteiger partial charge on any atom is -0.356 e. The monoisotopic (exact) mass is 460 g/mol. The predicted octanol–water partition coefficient (Wildman–Crippen LogP) is 1.70. The highest BCUT2D eigenvalue weighted by Crippen LogP contribution is 2.04. The van der Waals surface area contributed by atoms with Gasteiger partial charge in [-0.2, -0.15) is 11.3 Å². The molecule has 0 aliphatic heterocycles. The molecule has 0 saturated heterocycles. The summed E-state index contributed by atoms with van der Waals surface area (Å²) in [5.74, 6) is 0.864. The summed E-state index contributed by atoms with van der Waals surface area (Å²) in [7, 11) is 0.249. The molecular formula is C13H25IN4O2S2. The minimum atomic E-state index is -3.08. The minimum absolute atomic E-state index is 0. The second-order valence-electron chi connectivity index (χ2n) is 4.56. The van der Waals surface area contributed by atoms with Crippen LogP contribution in [0.3, 0.4) is 0 Å². The molecule has 0 aliphatic carbocycles. The second kappa shape index (κ2) is 11.2. The van der Waals surface area contributed by atoms with Crippen molar-refractivity contribution in [1.82, 2.24) is 14.9 Å². The third-order valence-electron chi connectivity index (χ3n) is 3.05. The van der Waals surface area contributed by atoms with E-state index in [1.54, 1.807) is 32.4 Å². The number of sulfonamides is 1. The number of nitrogens with zero attached hydrogens (tertiary/aromatic N) is 2. The Morgan fingerprint density at radius 3 is 2.68 bits per heavy atom. The fraction of sp³-hybridized carbons (Fsp3) is 0.615. The lowest BCUT2D eigenvalue weighted by Gasteiger charge is -2.16. The first-order valence-corrected chi connectivity index (χ1v) is 9.44. The van der Waals surface area contributed by atoms with Gasteiger partial charge in [-0.15, -0.1) is 24.0 Å². The molecule has 0 saturated carbocycles. The molecule has 1 aromatic rings. The Labute approximate surface area is 154 Å². The zero-order valence-corrected chi connectivity index (χ0v) is 17.2. The Kier molecular flexibility index (Phi) is 11.0. The molecule has 0 bridgehead atoms. The van der Waals surface area contributed by atoms with Gasteiger partial charge in [-0.3, -0.25) is 4.99 Å². The highest BCUT2D eigenvalue weighted by Gasteiger charge is 2.13. The van der Waals surface area contributed by atoms with Gasteiger partial charge in [-0.25, -0.2) is 12.7 Å². The smallest absolute Gasteiger partial charge is 0.213 e. The number of nitrogens with one attached hydrogen (secondary N) is 2. The van der Waals surface area contributed by atoms with E-state index in [0.29, 0.717) is 13.1 Å². The quantitative estimate of drug-likeness (QED) is 0.268. The zero-order chi connectivity index (χ0) is 15.7. The Morgan fingerprint density at radius 2 is 2.14 bits per heavy atom. The summed E-state index contributed by atoms with van der Waals surface area (Å²) in [6.45, 7) is 3.56. The van der Waals surface area contributed by atoms with Crippen molar-refractivity contribution in [1.29, 1.82) is 0 Å². The molecular weight excluding hydrogens is 435 g/mol. The van der Waals surface area contributed by atoms with Crippen LogP contribution >= 0.6 is 35.3 Å². The van der Waals surface area contributed by atoms with Gasteiger partial charge in [0.15, 0.2) is 5.96 Å². The Hall–Kier alpha value is -0.390. The SMILES string of the molecule is CCS(=O)(=O)N(C)CCCNC(=NC)NCc1ccsc1.I. The Morgan fingerprint density at radius 1 is 1.41 bits per heavy atom. The summed E-state index contributed by atoms with van der Waals surface area (Å²) in [5, 5.41) is 10.5. The number of hydrogen-bond acceptors (Lipinski definition) is 4.